The second-order valence-corrected chi connectivity index (χ2v) is 4.28. The molecule has 94 valence electrons. The Hall–Kier alpha value is -2.01. The molecule has 0 saturated carbocycles. The number of fused-ring (bicyclic) bond motifs is 1. The summed E-state index contributed by atoms with van der Waals surface area (Å²) in [5.41, 5.74) is 0.904. The van der Waals surface area contributed by atoms with Crippen molar-refractivity contribution in [1.82, 2.24) is 5.32 Å². The molecule has 2 amide bonds. The molecule has 18 heavy (non-hydrogen) atoms. The number of amides is 2. The van der Waals surface area contributed by atoms with Crippen LogP contribution in [0.2, 0.25) is 0 Å². The molecule has 0 aromatic heterocycles. The molecule has 0 spiro atoms. The highest BCUT2D eigenvalue weighted by Crippen LogP contribution is 2.28. The summed E-state index contributed by atoms with van der Waals surface area (Å²) in [6.07, 6.45) is 0. The van der Waals surface area contributed by atoms with Crippen molar-refractivity contribution >= 4 is 29.1 Å². The van der Waals surface area contributed by atoms with E-state index in [4.69, 9.17) is 16.3 Å². The second kappa shape index (κ2) is 5.10. The van der Waals surface area contributed by atoms with Crippen LogP contribution in [0.3, 0.4) is 0 Å². The lowest BCUT2D eigenvalue weighted by molar-refractivity contribution is -0.118. The largest absolute Gasteiger partial charge is 0.482 e. The van der Waals surface area contributed by atoms with Crippen molar-refractivity contribution in [2.45, 2.75) is 0 Å². The fraction of sp³-hybridized carbons (Fsp3) is 0.167. The van der Waals surface area contributed by atoms with Crippen molar-refractivity contribution in [3.05, 3.63) is 35.4 Å². The van der Waals surface area contributed by atoms with Gasteiger partial charge >= 0.3 is 0 Å². The summed E-state index contributed by atoms with van der Waals surface area (Å²) in [5, 5.41) is 5.57. The van der Waals surface area contributed by atoms with Gasteiger partial charge in [0.05, 0.1) is 12.2 Å². The molecule has 0 fully saturated rings. The number of ether oxygens (including phenoxy) is 1. The lowest BCUT2D eigenvalue weighted by Gasteiger charge is -2.18. The van der Waals surface area contributed by atoms with Gasteiger partial charge in [-0.25, -0.2) is 0 Å². The first kappa shape index (κ1) is 12.4. The molecule has 0 atom stereocenters. The highest BCUT2D eigenvalue weighted by atomic mass is 35.5. The Bertz CT molecular complexity index is 528. The number of hydrogen-bond acceptors (Lipinski definition) is 3. The minimum atomic E-state index is -0.292. The SMILES string of the molecule is C=C(Cl)CNC(=O)c1ccc2c(c1)NC(=O)CO2. The van der Waals surface area contributed by atoms with E-state index in [1.807, 2.05) is 0 Å². The summed E-state index contributed by atoms with van der Waals surface area (Å²) in [5.74, 6) is 0.0153. The Morgan fingerprint density at radius 1 is 1.56 bits per heavy atom. The van der Waals surface area contributed by atoms with Crippen LogP contribution in [0.4, 0.5) is 5.69 Å². The van der Waals surface area contributed by atoms with E-state index < -0.39 is 0 Å². The predicted octanol–water partition coefficient (Wildman–Crippen LogP) is 1.50. The molecule has 0 aliphatic carbocycles. The van der Waals surface area contributed by atoms with E-state index in [1.165, 1.54) is 0 Å². The van der Waals surface area contributed by atoms with Crippen LogP contribution < -0.4 is 15.4 Å². The summed E-state index contributed by atoms with van der Waals surface area (Å²) in [4.78, 5) is 22.9. The third-order valence-electron chi connectivity index (χ3n) is 2.32. The van der Waals surface area contributed by atoms with Gasteiger partial charge in [0.2, 0.25) is 0 Å². The van der Waals surface area contributed by atoms with Gasteiger partial charge in [0, 0.05) is 10.6 Å². The smallest absolute Gasteiger partial charge is 0.262 e. The van der Waals surface area contributed by atoms with E-state index in [2.05, 4.69) is 17.2 Å². The lowest BCUT2D eigenvalue weighted by atomic mass is 10.1. The van der Waals surface area contributed by atoms with Crippen molar-refractivity contribution in [2.75, 3.05) is 18.5 Å². The highest BCUT2D eigenvalue weighted by Gasteiger charge is 2.17. The quantitative estimate of drug-likeness (QED) is 0.871. The lowest BCUT2D eigenvalue weighted by Crippen LogP contribution is -2.27. The number of nitrogens with one attached hydrogen (secondary N) is 2. The Morgan fingerprint density at radius 2 is 2.33 bits per heavy atom. The van der Waals surface area contributed by atoms with Gasteiger partial charge in [-0.05, 0) is 18.2 Å². The third-order valence-corrected chi connectivity index (χ3v) is 2.45. The zero-order valence-electron chi connectivity index (χ0n) is 9.46. The molecular formula is C12H11ClN2O3. The number of halogens is 1. The van der Waals surface area contributed by atoms with Crippen LogP contribution in [0.25, 0.3) is 0 Å². The number of hydrogen-bond donors (Lipinski definition) is 2. The van der Waals surface area contributed by atoms with Crippen molar-refractivity contribution in [1.29, 1.82) is 0 Å². The molecule has 5 nitrogen and oxygen atoms in total. The van der Waals surface area contributed by atoms with Gasteiger partial charge in [-0.15, -0.1) is 0 Å². The van der Waals surface area contributed by atoms with Gasteiger partial charge in [-0.1, -0.05) is 18.2 Å². The van der Waals surface area contributed by atoms with Gasteiger partial charge in [-0.2, -0.15) is 0 Å². The zero-order valence-corrected chi connectivity index (χ0v) is 10.2. The molecule has 2 rings (SSSR count). The Labute approximate surface area is 109 Å². The number of rotatable bonds is 3. The van der Waals surface area contributed by atoms with E-state index in [1.54, 1.807) is 18.2 Å². The van der Waals surface area contributed by atoms with Crippen LogP contribution in [0.15, 0.2) is 29.8 Å². The summed E-state index contributed by atoms with van der Waals surface area (Å²) in [6.45, 7) is 3.66. The molecule has 1 aromatic carbocycles. The van der Waals surface area contributed by atoms with E-state index in [-0.39, 0.29) is 25.0 Å². The average molecular weight is 267 g/mol. The Balaban J connectivity index is 2.15. The van der Waals surface area contributed by atoms with Crippen LogP contribution in [0.5, 0.6) is 5.75 Å². The minimum Gasteiger partial charge on any atom is -0.482 e. The summed E-state index contributed by atoms with van der Waals surface area (Å²) < 4.78 is 5.19. The molecule has 0 unspecified atom stereocenters. The Kier molecular flexibility index (Phi) is 3.53. The predicted molar refractivity (Wildman–Crippen MR) is 67.9 cm³/mol. The standard InChI is InChI=1S/C12H11ClN2O3/c1-7(13)5-14-12(17)8-2-3-10-9(4-8)15-11(16)6-18-10/h2-4H,1,5-6H2,(H,14,17)(H,15,16). The topological polar surface area (TPSA) is 67.4 Å². The molecule has 1 aromatic rings. The molecule has 0 bridgehead atoms. The van der Waals surface area contributed by atoms with Crippen LogP contribution >= 0.6 is 11.6 Å². The summed E-state index contributed by atoms with van der Waals surface area (Å²) in [7, 11) is 0. The fourth-order valence-corrected chi connectivity index (χ4v) is 1.57. The maximum atomic E-state index is 11.8. The maximum absolute atomic E-state index is 11.8. The van der Waals surface area contributed by atoms with E-state index in [9.17, 15) is 9.59 Å². The summed E-state index contributed by atoms with van der Waals surface area (Å²) in [6, 6.07) is 4.81. The highest BCUT2D eigenvalue weighted by molar-refractivity contribution is 6.29. The van der Waals surface area contributed by atoms with Gasteiger partial charge < -0.3 is 15.4 Å². The number of carbonyl (C=O) groups excluding carboxylic acids is 2. The van der Waals surface area contributed by atoms with Gasteiger partial charge in [0.15, 0.2) is 6.61 Å². The van der Waals surface area contributed by atoms with Crippen LogP contribution in [-0.2, 0) is 4.79 Å². The van der Waals surface area contributed by atoms with Crippen LogP contribution in [0.1, 0.15) is 10.4 Å². The fourth-order valence-electron chi connectivity index (χ4n) is 1.50. The van der Waals surface area contributed by atoms with Crippen molar-refractivity contribution < 1.29 is 14.3 Å². The normalized spacial score (nSPS) is 13.1. The second-order valence-electron chi connectivity index (χ2n) is 3.75. The maximum Gasteiger partial charge on any atom is 0.262 e. The molecular weight excluding hydrogens is 256 g/mol. The minimum absolute atomic E-state index is 0.00931. The molecule has 6 heteroatoms. The Morgan fingerprint density at radius 3 is 3.06 bits per heavy atom. The molecule has 0 saturated heterocycles. The first-order chi connectivity index (χ1) is 8.56. The molecule has 0 radical (unpaired) electrons. The number of benzene rings is 1. The average Bonchev–Trinajstić information content (AvgIpc) is 2.34. The van der Waals surface area contributed by atoms with Crippen molar-refractivity contribution in [2.24, 2.45) is 0 Å². The van der Waals surface area contributed by atoms with Crippen molar-refractivity contribution in [3.8, 4) is 5.75 Å². The van der Waals surface area contributed by atoms with Crippen LogP contribution in [0, 0.1) is 0 Å². The third kappa shape index (κ3) is 2.81. The van der Waals surface area contributed by atoms with Crippen LogP contribution in [-0.4, -0.2) is 25.0 Å². The summed E-state index contributed by atoms with van der Waals surface area (Å²) >= 11 is 5.56. The number of carbonyl (C=O) groups is 2. The molecule has 1 aliphatic heterocycles. The zero-order chi connectivity index (χ0) is 13.1. The molecule has 1 heterocycles. The monoisotopic (exact) mass is 266 g/mol. The van der Waals surface area contributed by atoms with Gasteiger partial charge in [0.25, 0.3) is 11.8 Å². The first-order valence-corrected chi connectivity index (χ1v) is 5.62. The van der Waals surface area contributed by atoms with E-state index in [0.717, 1.165) is 0 Å². The van der Waals surface area contributed by atoms with Gasteiger partial charge in [-0.3, -0.25) is 9.59 Å². The van der Waals surface area contributed by atoms with Gasteiger partial charge in [0.1, 0.15) is 5.75 Å². The van der Waals surface area contributed by atoms with E-state index >= 15 is 0 Å². The van der Waals surface area contributed by atoms with Crippen molar-refractivity contribution in [3.63, 3.8) is 0 Å². The number of anilines is 1. The van der Waals surface area contributed by atoms with E-state index in [0.29, 0.717) is 22.0 Å². The first-order valence-electron chi connectivity index (χ1n) is 5.24. The molecule has 2 N–H and O–H groups in total. The molecule has 1 aliphatic rings.